The fraction of sp³-hybridized carbons (Fsp3) is 0.375. The highest BCUT2D eigenvalue weighted by molar-refractivity contribution is 6.18. The van der Waals surface area contributed by atoms with Gasteiger partial charge in [-0.05, 0) is 49.3 Å². The molecule has 0 spiro atoms. The Morgan fingerprint density at radius 2 is 1.74 bits per heavy atom. The summed E-state index contributed by atoms with van der Waals surface area (Å²) in [7, 11) is 0. The predicted molar refractivity (Wildman–Crippen MR) is 120 cm³/mol. The standard InChI is InChI=1S/C24H26N4O3/c1-4-27(5-2)12-13-28-18-9-6-15-16(8-11-20(15)29)21(18)22-19(28)10-7-17(23(22)30)24-26-25-14(3)31-24/h6-7,9-10,30H,4-5,8,11-13H2,1-3H3. The number of aromatic nitrogens is 3. The first-order chi connectivity index (χ1) is 15.0. The maximum Gasteiger partial charge on any atom is 0.251 e. The number of phenolic OH excluding ortho intramolecular Hbond substituents is 1. The summed E-state index contributed by atoms with van der Waals surface area (Å²) >= 11 is 0. The average Bonchev–Trinajstić information content (AvgIpc) is 3.45. The third-order valence-electron chi connectivity index (χ3n) is 6.47. The van der Waals surface area contributed by atoms with Crippen LogP contribution in [0, 0.1) is 6.92 Å². The number of ketones is 1. The molecule has 2 heterocycles. The van der Waals surface area contributed by atoms with Crippen LogP contribution in [-0.4, -0.2) is 50.2 Å². The number of rotatable bonds is 6. The molecule has 1 aliphatic rings. The van der Waals surface area contributed by atoms with Crippen LogP contribution in [0.2, 0.25) is 0 Å². The molecule has 0 aliphatic heterocycles. The molecule has 0 saturated heterocycles. The Bertz CT molecular complexity index is 1310. The number of fused-ring (bicyclic) bond motifs is 5. The summed E-state index contributed by atoms with van der Waals surface area (Å²) in [6.07, 6.45) is 1.22. The number of aryl methyl sites for hydroxylation is 2. The van der Waals surface area contributed by atoms with Crippen molar-refractivity contribution in [2.24, 2.45) is 0 Å². The van der Waals surface area contributed by atoms with Crippen molar-refractivity contribution in [3.05, 3.63) is 41.3 Å². The van der Waals surface area contributed by atoms with Crippen molar-refractivity contribution in [3.63, 3.8) is 0 Å². The van der Waals surface area contributed by atoms with Gasteiger partial charge in [-0.3, -0.25) is 4.79 Å². The molecule has 5 rings (SSSR count). The molecule has 7 nitrogen and oxygen atoms in total. The van der Waals surface area contributed by atoms with Gasteiger partial charge < -0.3 is 19.0 Å². The molecule has 2 aromatic heterocycles. The summed E-state index contributed by atoms with van der Waals surface area (Å²) < 4.78 is 7.84. The van der Waals surface area contributed by atoms with E-state index in [1.807, 2.05) is 24.3 Å². The van der Waals surface area contributed by atoms with Crippen LogP contribution >= 0.6 is 0 Å². The van der Waals surface area contributed by atoms with Gasteiger partial charge in [-0.15, -0.1) is 10.2 Å². The average molecular weight is 418 g/mol. The maximum atomic E-state index is 12.4. The highest BCUT2D eigenvalue weighted by Crippen LogP contribution is 2.44. The monoisotopic (exact) mass is 418 g/mol. The highest BCUT2D eigenvalue weighted by atomic mass is 16.4. The number of carbonyl (C=O) groups is 1. The molecular weight excluding hydrogens is 392 g/mol. The Balaban J connectivity index is 1.78. The molecule has 0 atom stereocenters. The quantitative estimate of drug-likeness (QED) is 0.502. The van der Waals surface area contributed by atoms with Crippen LogP contribution in [0.3, 0.4) is 0 Å². The number of likely N-dealkylation sites (N-methyl/N-ethyl adjacent to an activating group) is 1. The Hall–Kier alpha value is -3.19. The van der Waals surface area contributed by atoms with E-state index in [4.69, 9.17) is 4.42 Å². The molecule has 4 aromatic rings. The van der Waals surface area contributed by atoms with E-state index in [0.717, 1.165) is 59.1 Å². The summed E-state index contributed by atoms with van der Waals surface area (Å²) in [4.78, 5) is 14.8. The van der Waals surface area contributed by atoms with Gasteiger partial charge in [-0.25, -0.2) is 0 Å². The number of hydrogen-bond donors (Lipinski definition) is 1. The van der Waals surface area contributed by atoms with Gasteiger partial charge in [-0.2, -0.15) is 0 Å². The minimum Gasteiger partial charge on any atom is -0.506 e. The largest absolute Gasteiger partial charge is 0.506 e. The number of aromatic hydroxyl groups is 1. The second kappa shape index (κ2) is 7.50. The summed E-state index contributed by atoms with van der Waals surface area (Å²) in [6.45, 7) is 9.74. The van der Waals surface area contributed by atoms with Gasteiger partial charge >= 0.3 is 0 Å². The number of Topliss-reactive ketones (excluding diaryl/α,β-unsaturated/α-hetero) is 1. The van der Waals surface area contributed by atoms with Gasteiger partial charge in [-0.1, -0.05) is 13.8 Å². The molecule has 0 amide bonds. The zero-order valence-electron chi connectivity index (χ0n) is 18.1. The van der Waals surface area contributed by atoms with Gasteiger partial charge in [0.25, 0.3) is 5.89 Å². The molecule has 0 bridgehead atoms. The summed E-state index contributed by atoms with van der Waals surface area (Å²) in [5.74, 6) is 1.04. The van der Waals surface area contributed by atoms with Gasteiger partial charge in [0, 0.05) is 42.9 Å². The third kappa shape index (κ3) is 3.03. The molecule has 160 valence electrons. The van der Waals surface area contributed by atoms with Crippen molar-refractivity contribution < 1.29 is 14.3 Å². The molecule has 7 heteroatoms. The third-order valence-corrected chi connectivity index (χ3v) is 6.47. The van der Waals surface area contributed by atoms with Gasteiger partial charge in [0.15, 0.2) is 5.78 Å². The van der Waals surface area contributed by atoms with Crippen LogP contribution in [0.1, 0.15) is 42.1 Å². The number of benzene rings is 2. The summed E-state index contributed by atoms with van der Waals surface area (Å²) in [5, 5.41) is 21.1. The first-order valence-corrected chi connectivity index (χ1v) is 10.9. The van der Waals surface area contributed by atoms with Crippen molar-refractivity contribution in [2.75, 3.05) is 19.6 Å². The predicted octanol–water partition coefficient (Wildman–Crippen LogP) is 4.33. The minimum atomic E-state index is 0.125. The van der Waals surface area contributed by atoms with Gasteiger partial charge in [0.2, 0.25) is 5.89 Å². The van der Waals surface area contributed by atoms with Crippen LogP contribution in [0.4, 0.5) is 0 Å². The topological polar surface area (TPSA) is 84.4 Å². The van der Waals surface area contributed by atoms with E-state index in [2.05, 4.69) is 33.5 Å². The Morgan fingerprint density at radius 1 is 1.03 bits per heavy atom. The number of hydrogen-bond acceptors (Lipinski definition) is 6. The van der Waals surface area contributed by atoms with E-state index in [-0.39, 0.29) is 11.5 Å². The van der Waals surface area contributed by atoms with Crippen LogP contribution in [0.15, 0.2) is 28.7 Å². The Labute approximate surface area is 180 Å². The molecule has 0 radical (unpaired) electrons. The zero-order valence-corrected chi connectivity index (χ0v) is 18.1. The van der Waals surface area contributed by atoms with Crippen molar-refractivity contribution in [2.45, 2.75) is 40.2 Å². The van der Waals surface area contributed by atoms with Crippen LogP contribution in [0.25, 0.3) is 33.3 Å². The first kappa shape index (κ1) is 19.8. The lowest BCUT2D eigenvalue weighted by atomic mass is 10.0. The lowest BCUT2D eigenvalue weighted by molar-refractivity contribution is 0.0994. The summed E-state index contributed by atoms with van der Waals surface area (Å²) in [5.41, 5.74) is 4.31. The smallest absolute Gasteiger partial charge is 0.251 e. The van der Waals surface area contributed by atoms with E-state index >= 15 is 0 Å². The van der Waals surface area contributed by atoms with E-state index in [1.165, 1.54) is 0 Å². The normalized spacial score (nSPS) is 13.7. The molecule has 1 aliphatic carbocycles. The van der Waals surface area contributed by atoms with Crippen LogP contribution in [-0.2, 0) is 13.0 Å². The lowest BCUT2D eigenvalue weighted by Crippen LogP contribution is -2.26. The van der Waals surface area contributed by atoms with E-state index in [1.54, 1.807) is 6.92 Å². The van der Waals surface area contributed by atoms with Crippen molar-refractivity contribution in [1.82, 2.24) is 19.7 Å². The van der Waals surface area contributed by atoms with Gasteiger partial charge in [0.1, 0.15) is 5.75 Å². The molecule has 0 fully saturated rings. The summed E-state index contributed by atoms with van der Waals surface area (Å²) in [6, 6.07) is 7.81. The number of carbonyl (C=O) groups excluding carboxylic acids is 1. The second-order valence-electron chi connectivity index (χ2n) is 8.07. The van der Waals surface area contributed by atoms with Crippen LogP contribution in [0.5, 0.6) is 5.75 Å². The van der Waals surface area contributed by atoms with E-state index < -0.39 is 0 Å². The lowest BCUT2D eigenvalue weighted by Gasteiger charge is -2.19. The maximum absolute atomic E-state index is 12.4. The molecule has 2 aromatic carbocycles. The number of phenols is 1. The van der Waals surface area contributed by atoms with E-state index in [9.17, 15) is 9.90 Å². The molecule has 31 heavy (non-hydrogen) atoms. The number of nitrogens with zero attached hydrogens (tertiary/aromatic N) is 4. The molecular formula is C24H26N4O3. The second-order valence-corrected chi connectivity index (χ2v) is 8.07. The van der Waals surface area contributed by atoms with Crippen molar-refractivity contribution in [3.8, 4) is 17.2 Å². The fourth-order valence-corrected chi connectivity index (χ4v) is 4.82. The first-order valence-electron chi connectivity index (χ1n) is 10.9. The SMILES string of the molecule is CCN(CC)CCn1c2ccc(-c3nnc(C)o3)c(O)c2c2c3c(ccc21)C(=O)CC3. The molecule has 1 N–H and O–H groups in total. The van der Waals surface area contributed by atoms with Crippen molar-refractivity contribution >= 4 is 27.6 Å². The molecule has 0 unspecified atom stereocenters. The van der Waals surface area contributed by atoms with E-state index in [0.29, 0.717) is 30.2 Å². The fourth-order valence-electron chi connectivity index (χ4n) is 4.82. The highest BCUT2D eigenvalue weighted by Gasteiger charge is 2.27. The molecule has 0 saturated carbocycles. The zero-order chi connectivity index (χ0) is 21.7. The van der Waals surface area contributed by atoms with Crippen LogP contribution < -0.4 is 0 Å². The van der Waals surface area contributed by atoms with Gasteiger partial charge in [0.05, 0.1) is 16.5 Å². The Kier molecular flexibility index (Phi) is 4.78. The Morgan fingerprint density at radius 3 is 2.42 bits per heavy atom. The minimum absolute atomic E-state index is 0.125. The van der Waals surface area contributed by atoms with Crippen molar-refractivity contribution in [1.29, 1.82) is 0 Å².